The molecule has 19 heavy (non-hydrogen) atoms. The Morgan fingerprint density at radius 1 is 0.947 bits per heavy atom. The molecule has 2 heteroatoms. The molecule has 0 aromatic heterocycles. The average Bonchev–Trinajstić information content (AvgIpc) is 2.41. The minimum Gasteiger partial charge on any atom is -0.392 e. The van der Waals surface area contributed by atoms with Crippen LogP contribution in [-0.2, 0) is 13.2 Å². The molecule has 2 nitrogen and oxygen atoms in total. The number of aliphatic hydroxyl groups excluding tert-OH is 1. The highest BCUT2D eigenvalue weighted by molar-refractivity contribution is 5.54. The maximum absolute atomic E-state index is 9.14. The van der Waals surface area contributed by atoms with E-state index in [1.54, 1.807) is 0 Å². The van der Waals surface area contributed by atoms with Gasteiger partial charge in [-0.1, -0.05) is 42.0 Å². The number of anilines is 1. The Hall–Kier alpha value is -1.80. The summed E-state index contributed by atoms with van der Waals surface area (Å²) in [6.45, 7) is 5.17. The number of aryl methyl sites for hydroxylation is 2. The predicted octanol–water partition coefficient (Wildman–Crippen LogP) is 3.43. The standard InChI is InChI=1S/C17H21NO/c1-13-4-6-15(7-5-13)11-18(3)17-9-8-16(12-19)10-14(17)2/h4-10,19H,11-12H2,1-3H3. The maximum atomic E-state index is 9.14. The lowest BCUT2D eigenvalue weighted by Crippen LogP contribution is -2.17. The predicted molar refractivity (Wildman–Crippen MR) is 80.4 cm³/mol. The lowest BCUT2D eigenvalue weighted by Gasteiger charge is -2.22. The van der Waals surface area contributed by atoms with E-state index in [0.717, 1.165) is 12.1 Å². The number of hydrogen-bond acceptors (Lipinski definition) is 2. The fourth-order valence-electron chi connectivity index (χ4n) is 2.30. The fraction of sp³-hybridized carbons (Fsp3) is 0.294. The van der Waals surface area contributed by atoms with Crippen LogP contribution in [0.15, 0.2) is 42.5 Å². The number of aliphatic hydroxyl groups is 1. The van der Waals surface area contributed by atoms with Crippen LogP contribution in [0, 0.1) is 13.8 Å². The molecule has 0 aliphatic carbocycles. The Morgan fingerprint density at radius 2 is 1.58 bits per heavy atom. The van der Waals surface area contributed by atoms with Gasteiger partial charge in [-0.15, -0.1) is 0 Å². The van der Waals surface area contributed by atoms with Crippen molar-refractivity contribution in [1.29, 1.82) is 0 Å². The van der Waals surface area contributed by atoms with Crippen molar-refractivity contribution < 1.29 is 5.11 Å². The van der Waals surface area contributed by atoms with Crippen LogP contribution in [0.2, 0.25) is 0 Å². The van der Waals surface area contributed by atoms with Gasteiger partial charge in [0.25, 0.3) is 0 Å². The van der Waals surface area contributed by atoms with Crippen molar-refractivity contribution >= 4 is 5.69 Å². The van der Waals surface area contributed by atoms with Crippen molar-refractivity contribution in [2.24, 2.45) is 0 Å². The van der Waals surface area contributed by atoms with Crippen LogP contribution in [-0.4, -0.2) is 12.2 Å². The Kier molecular flexibility index (Phi) is 4.23. The largest absolute Gasteiger partial charge is 0.392 e. The summed E-state index contributed by atoms with van der Waals surface area (Å²) < 4.78 is 0. The third kappa shape index (κ3) is 3.36. The van der Waals surface area contributed by atoms with Gasteiger partial charge >= 0.3 is 0 Å². The third-order valence-corrected chi connectivity index (χ3v) is 3.40. The second kappa shape index (κ2) is 5.89. The lowest BCUT2D eigenvalue weighted by molar-refractivity contribution is 0.282. The fourth-order valence-corrected chi connectivity index (χ4v) is 2.30. The van der Waals surface area contributed by atoms with Gasteiger partial charge in [-0.25, -0.2) is 0 Å². The summed E-state index contributed by atoms with van der Waals surface area (Å²) >= 11 is 0. The molecule has 2 aromatic rings. The van der Waals surface area contributed by atoms with Gasteiger partial charge in [0.05, 0.1) is 6.61 Å². The molecular formula is C17H21NO. The molecule has 100 valence electrons. The zero-order chi connectivity index (χ0) is 13.8. The first-order valence-corrected chi connectivity index (χ1v) is 6.57. The molecule has 2 rings (SSSR count). The molecule has 0 heterocycles. The van der Waals surface area contributed by atoms with Gasteiger partial charge in [0.15, 0.2) is 0 Å². The Bertz CT molecular complexity index is 546. The first-order chi connectivity index (χ1) is 9.10. The van der Waals surface area contributed by atoms with E-state index in [4.69, 9.17) is 5.11 Å². The first-order valence-electron chi connectivity index (χ1n) is 6.57. The van der Waals surface area contributed by atoms with Gasteiger partial charge in [-0.2, -0.15) is 0 Å². The van der Waals surface area contributed by atoms with Crippen molar-refractivity contribution in [3.63, 3.8) is 0 Å². The lowest BCUT2D eigenvalue weighted by atomic mass is 10.1. The summed E-state index contributed by atoms with van der Waals surface area (Å²) in [6, 6.07) is 14.7. The highest BCUT2D eigenvalue weighted by Crippen LogP contribution is 2.22. The van der Waals surface area contributed by atoms with Crippen molar-refractivity contribution in [3.8, 4) is 0 Å². The van der Waals surface area contributed by atoms with E-state index in [1.165, 1.54) is 22.4 Å². The molecule has 0 atom stereocenters. The molecule has 0 bridgehead atoms. The highest BCUT2D eigenvalue weighted by atomic mass is 16.3. The maximum Gasteiger partial charge on any atom is 0.0681 e. The van der Waals surface area contributed by atoms with Gasteiger partial charge < -0.3 is 10.0 Å². The van der Waals surface area contributed by atoms with Crippen LogP contribution >= 0.6 is 0 Å². The monoisotopic (exact) mass is 255 g/mol. The van der Waals surface area contributed by atoms with Gasteiger partial charge in [0.1, 0.15) is 0 Å². The van der Waals surface area contributed by atoms with E-state index >= 15 is 0 Å². The first kappa shape index (κ1) is 13.6. The summed E-state index contributed by atoms with van der Waals surface area (Å²) in [5.74, 6) is 0. The second-order valence-corrected chi connectivity index (χ2v) is 5.12. The molecule has 0 amide bonds. The highest BCUT2D eigenvalue weighted by Gasteiger charge is 2.06. The summed E-state index contributed by atoms with van der Waals surface area (Å²) in [7, 11) is 2.10. The smallest absolute Gasteiger partial charge is 0.0681 e. The van der Waals surface area contributed by atoms with Crippen molar-refractivity contribution in [2.45, 2.75) is 27.0 Å². The third-order valence-electron chi connectivity index (χ3n) is 3.40. The normalized spacial score (nSPS) is 10.5. The van der Waals surface area contributed by atoms with Crippen LogP contribution in [0.4, 0.5) is 5.69 Å². The minimum atomic E-state index is 0.1000. The molecule has 0 aliphatic heterocycles. The topological polar surface area (TPSA) is 23.5 Å². The van der Waals surface area contributed by atoms with Gasteiger partial charge in [0, 0.05) is 19.3 Å². The van der Waals surface area contributed by atoms with E-state index in [9.17, 15) is 0 Å². The molecule has 0 aliphatic rings. The second-order valence-electron chi connectivity index (χ2n) is 5.12. The molecule has 0 saturated carbocycles. The molecule has 0 unspecified atom stereocenters. The van der Waals surface area contributed by atoms with Gasteiger partial charge in [-0.3, -0.25) is 0 Å². The Balaban J connectivity index is 2.15. The number of rotatable bonds is 4. The minimum absolute atomic E-state index is 0.1000. The van der Waals surface area contributed by atoms with Crippen molar-refractivity contribution in [1.82, 2.24) is 0 Å². The van der Waals surface area contributed by atoms with Crippen LogP contribution in [0.5, 0.6) is 0 Å². The number of nitrogens with zero attached hydrogens (tertiary/aromatic N) is 1. The molecule has 1 N–H and O–H groups in total. The van der Waals surface area contributed by atoms with Crippen LogP contribution in [0.25, 0.3) is 0 Å². The molecule has 0 spiro atoms. The number of benzene rings is 2. The quantitative estimate of drug-likeness (QED) is 0.904. The summed E-state index contributed by atoms with van der Waals surface area (Å²) in [5, 5.41) is 9.14. The molecular weight excluding hydrogens is 234 g/mol. The van der Waals surface area contributed by atoms with Crippen LogP contribution in [0.3, 0.4) is 0 Å². The number of hydrogen-bond donors (Lipinski definition) is 1. The van der Waals surface area contributed by atoms with E-state index in [2.05, 4.69) is 56.1 Å². The zero-order valence-corrected chi connectivity index (χ0v) is 11.9. The van der Waals surface area contributed by atoms with Crippen LogP contribution in [0.1, 0.15) is 22.3 Å². The molecule has 0 saturated heterocycles. The van der Waals surface area contributed by atoms with E-state index in [1.807, 2.05) is 12.1 Å². The van der Waals surface area contributed by atoms with Gasteiger partial charge in [-0.05, 0) is 36.6 Å². The molecule has 0 fully saturated rings. The zero-order valence-electron chi connectivity index (χ0n) is 11.9. The summed E-state index contributed by atoms with van der Waals surface area (Å²) in [6.07, 6.45) is 0. The van der Waals surface area contributed by atoms with Gasteiger partial charge in [0.2, 0.25) is 0 Å². The van der Waals surface area contributed by atoms with Crippen molar-refractivity contribution in [3.05, 3.63) is 64.7 Å². The summed E-state index contributed by atoms with van der Waals surface area (Å²) in [4.78, 5) is 2.24. The van der Waals surface area contributed by atoms with E-state index < -0.39 is 0 Å². The Labute approximate surface area is 115 Å². The Morgan fingerprint density at radius 3 is 2.16 bits per heavy atom. The van der Waals surface area contributed by atoms with E-state index in [0.29, 0.717) is 0 Å². The van der Waals surface area contributed by atoms with Crippen molar-refractivity contribution in [2.75, 3.05) is 11.9 Å². The summed E-state index contributed by atoms with van der Waals surface area (Å²) in [5.41, 5.74) is 5.96. The van der Waals surface area contributed by atoms with E-state index in [-0.39, 0.29) is 6.61 Å². The molecule has 0 radical (unpaired) electrons. The van der Waals surface area contributed by atoms with Crippen LogP contribution < -0.4 is 4.90 Å². The molecule has 2 aromatic carbocycles. The SMILES string of the molecule is Cc1ccc(CN(C)c2ccc(CO)cc2C)cc1. The average molecular weight is 255 g/mol.